The summed E-state index contributed by atoms with van der Waals surface area (Å²) in [4.78, 5) is 3.88. The molecule has 0 bridgehead atoms. The predicted molar refractivity (Wildman–Crippen MR) is 69.4 cm³/mol. The molecular formula is C11H9Cl3F3N. The number of hydrogen-bond acceptors (Lipinski definition) is 1. The van der Waals surface area contributed by atoms with E-state index in [9.17, 15) is 13.2 Å². The average molecular weight is 319 g/mol. The van der Waals surface area contributed by atoms with Crippen molar-refractivity contribution in [3.63, 3.8) is 0 Å². The van der Waals surface area contributed by atoms with Crippen molar-refractivity contribution < 1.29 is 13.2 Å². The van der Waals surface area contributed by atoms with Crippen LogP contribution in [-0.2, 0) is 6.18 Å². The monoisotopic (exact) mass is 317 g/mol. The first-order valence-corrected chi connectivity index (χ1v) is 6.29. The lowest BCUT2D eigenvalue weighted by atomic mass is 10.2. The third kappa shape index (κ3) is 4.67. The van der Waals surface area contributed by atoms with E-state index in [4.69, 9.17) is 34.8 Å². The fourth-order valence-corrected chi connectivity index (χ4v) is 1.80. The highest BCUT2D eigenvalue weighted by Crippen LogP contribution is 2.36. The SMILES string of the molecule is FC(F)(F)c1cc(N=C(Cl)CCCCl)ccc1Cl. The maximum absolute atomic E-state index is 12.6. The molecule has 1 rings (SSSR count). The molecule has 0 aliphatic carbocycles. The van der Waals surface area contributed by atoms with E-state index in [0.29, 0.717) is 18.7 Å². The van der Waals surface area contributed by atoms with Gasteiger partial charge in [-0.25, -0.2) is 4.99 Å². The van der Waals surface area contributed by atoms with Gasteiger partial charge in [-0.05, 0) is 24.6 Å². The second kappa shape index (κ2) is 6.64. The second-order valence-corrected chi connectivity index (χ2v) is 4.66. The van der Waals surface area contributed by atoms with Crippen LogP contribution in [0.2, 0.25) is 5.02 Å². The van der Waals surface area contributed by atoms with Crippen LogP contribution in [0.1, 0.15) is 18.4 Å². The van der Waals surface area contributed by atoms with Crippen molar-refractivity contribution in [2.24, 2.45) is 4.99 Å². The summed E-state index contributed by atoms with van der Waals surface area (Å²) in [6.45, 7) is 0. The molecule has 18 heavy (non-hydrogen) atoms. The van der Waals surface area contributed by atoms with E-state index in [1.54, 1.807) is 0 Å². The van der Waals surface area contributed by atoms with Crippen LogP contribution >= 0.6 is 34.8 Å². The molecule has 0 fully saturated rings. The Morgan fingerprint density at radius 2 is 1.94 bits per heavy atom. The van der Waals surface area contributed by atoms with Crippen LogP contribution in [-0.4, -0.2) is 11.1 Å². The van der Waals surface area contributed by atoms with Gasteiger partial charge in [-0.3, -0.25) is 0 Å². The van der Waals surface area contributed by atoms with Gasteiger partial charge in [0.05, 0.1) is 16.3 Å². The second-order valence-electron chi connectivity index (χ2n) is 3.44. The van der Waals surface area contributed by atoms with E-state index in [-0.39, 0.29) is 15.9 Å². The fourth-order valence-electron chi connectivity index (χ4n) is 1.21. The molecule has 1 nitrogen and oxygen atoms in total. The lowest BCUT2D eigenvalue weighted by Crippen LogP contribution is -2.05. The summed E-state index contributed by atoms with van der Waals surface area (Å²) in [6, 6.07) is 3.39. The zero-order valence-electron chi connectivity index (χ0n) is 9.07. The molecule has 100 valence electrons. The van der Waals surface area contributed by atoms with Gasteiger partial charge < -0.3 is 0 Å². The van der Waals surface area contributed by atoms with Crippen molar-refractivity contribution in [3.8, 4) is 0 Å². The van der Waals surface area contributed by atoms with Gasteiger partial charge in [-0.2, -0.15) is 13.2 Å². The largest absolute Gasteiger partial charge is 0.417 e. The molecular weight excluding hydrogens is 309 g/mol. The summed E-state index contributed by atoms with van der Waals surface area (Å²) in [5.74, 6) is 0.417. The molecule has 0 spiro atoms. The number of aliphatic imine (C=N–C) groups is 1. The molecule has 0 aliphatic heterocycles. The Hall–Kier alpha value is -0.450. The van der Waals surface area contributed by atoms with Crippen LogP contribution < -0.4 is 0 Å². The van der Waals surface area contributed by atoms with E-state index < -0.39 is 11.7 Å². The van der Waals surface area contributed by atoms with Crippen LogP contribution in [0.25, 0.3) is 0 Å². The average Bonchev–Trinajstić information content (AvgIpc) is 2.27. The van der Waals surface area contributed by atoms with E-state index in [1.165, 1.54) is 6.07 Å². The maximum Gasteiger partial charge on any atom is 0.417 e. The lowest BCUT2D eigenvalue weighted by Gasteiger charge is -2.09. The molecule has 0 aliphatic rings. The first-order chi connectivity index (χ1) is 8.34. The van der Waals surface area contributed by atoms with Crippen molar-refractivity contribution in [3.05, 3.63) is 28.8 Å². The number of rotatable bonds is 4. The molecule has 0 amide bonds. The van der Waals surface area contributed by atoms with Crippen molar-refractivity contribution in [2.45, 2.75) is 19.0 Å². The lowest BCUT2D eigenvalue weighted by molar-refractivity contribution is -0.137. The zero-order chi connectivity index (χ0) is 13.8. The summed E-state index contributed by atoms with van der Waals surface area (Å²) >= 11 is 16.7. The van der Waals surface area contributed by atoms with Crippen LogP contribution in [0.3, 0.4) is 0 Å². The van der Waals surface area contributed by atoms with Crippen LogP contribution in [0.5, 0.6) is 0 Å². The molecule has 0 heterocycles. The van der Waals surface area contributed by atoms with E-state index in [0.717, 1.165) is 12.1 Å². The van der Waals surface area contributed by atoms with Gasteiger partial charge in [-0.1, -0.05) is 23.2 Å². The molecule has 0 N–H and O–H groups in total. The molecule has 0 unspecified atom stereocenters. The van der Waals surface area contributed by atoms with Gasteiger partial charge in [0, 0.05) is 12.3 Å². The molecule has 0 atom stereocenters. The Bertz CT molecular complexity index is 444. The number of benzene rings is 1. The van der Waals surface area contributed by atoms with E-state index >= 15 is 0 Å². The van der Waals surface area contributed by atoms with Crippen molar-refractivity contribution in [1.82, 2.24) is 0 Å². The minimum atomic E-state index is -4.51. The number of hydrogen-bond donors (Lipinski definition) is 0. The van der Waals surface area contributed by atoms with E-state index in [2.05, 4.69) is 4.99 Å². The quantitative estimate of drug-likeness (QED) is 0.503. The van der Waals surface area contributed by atoms with Crippen LogP contribution in [0.15, 0.2) is 23.2 Å². The summed E-state index contributed by atoms with van der Waals surface area (Å²) in [5.41, 5.74) is -0.807. The summed E-state index contributed by atoms with van der Waals surface area (Å²) in [5, 5.41) is -0.149. The summed E-state index contributed by atoms with van der Waals surface area (Å²) in [6.07, 6.45) is -3.47. The molecule has 0 radical (unpaired) electrons. The minimum Gasteiger partial charge on any atom is -0.241 e. The number of halogens is 6. The molecule has 0 saturated carbocycles. The first kappa shape index (κ1) is 15.6. The standard InChI is InChI=1S/C11H9Cl3F3N/c12-5-1-2-10(14)18-7-3-4-9(13)8(6-7)11(15,16)17/h3-4,6H,1-2,5H2. The van der Waals surface area contributed by atoms with Gasteiger partial charge in [0.2, 0.25) is 0 Å². The normalized spacial score (nSPS) is 12.9. The molecule has 0 aromatic heterocycles. The van der Waals surface area contributed by atoms with Crippen LogP contribution in [0.4, 0.5) is 18.9 Å². The first-order valence-electron chi connectivity index (χ1n) is 5.00. The van der Waals surface area contributed by atoms with Crippen molar-refractivity contribution in [2.75, 3.05) is 5.88 Å². The van der Waals surface area contributed by atoms with Gasteiger partial charge in [0.15, 0.2) is 0 Å². The van der Waals surface area contributed by atoms with Crippen molar-refractivity contribution in [1.29, 1.82) is 0 Å². The highest BCUT2D eigenvalue weighted by molar-refractivity contribution is 6.65. The maximum atomic E-state index is 12.6. The molecule has 1 aromatic carbocycles. The zero-order valence-corrected chi connectivity index (χ0v) is 11.3. The summed E-state index contributed by atoms with van der Waals surface area (Å²) < 4.78 is 37.8. The number of nitrogens with zero attached hydrogens (tertiary/aromatic N) is 1. The van der Waals surface area contributed by atoms with Gasteiger partial charge in [-0.15, -0.1) is 11.6 Å². The topological polar surface area (TPSA) is 12.4 Å². The third-order valence-corrected chi connectivity index (χ3v) is 2.89. The van der Waals surface area contributed by atoms with Gasteiger partial charge in [0.25, 0.3) is 0 Å². The Morgan fingerprint density at radius 1 is 1.28 bits per heavy atom. The van der Waals surface area contributed by atoms with Gasteiger partial charge in [0.1, 0.15) is 5.17 Å². The smallest absolute Gasteiger partial charge is 0.241 e. The molecule has 7 heteroatoms. The number of alkyl halides is 4. The highest BCUT2D eigenvalue weighted by Gasteiger charge is 2.33. The Labute approximate surface area is 118 Å². The van der Waals surface area contributed by atoms with Gasteiger partial charge >= 0.3 is 6.18 Å². The van der Waals surface area contributed by atoms with E-state index in [1.807, 2.05) is 0 Å². The Kier molecular flexibility index (Phi) is 5.76. The molecule has 0 saturated heterocycles. The van der Waals surface area contributed by atoms with Crippen LogP contribution in [0, 0.1) is 0 Å². The third-order valence-electron chi connectivity index (χ3n) is 2.02. The fraction of sp³-hybridized carbons (Fsp3) is 0.364. The highest BCUT2D eigenvalue weighted by atomic mass is 35.5. The Morgan fingerprint density at radius 3 is 2.50 bits per heavy atom. The predicted octanol–water partition coefficient (Wildman–Crippen LogP) is 5.65. The van der Waals surface area contributed by atoms with Crippen molar-refractivity contribution >= 4 is 45.7 Å². The summed E-state index contributed by atoms with van der Waals surface area (Å²) in [7, 11) is 0. The Balaban J connectivity index is 2.99. The minimum absolute atomic E-state index is 0.117. The molecule has 1 aromatic rings.